The molecule has 0 aliphatic rings. The minimum atomic E-state index is -0.246. The first-order chi connectivity index (χ1) is 9.08. The third-order valence-corrected chi connectivity index (χ3v) is 3.15. The molecule has 0 aliphatic heterocycles. The van der Waals surface area contributed by atoms with Crippen molar-refractivity contribution in [2.75, 3.05) is 11.9 Å². The van der Waals surface area contributed by atoms with Gasteiger partial charge in [-0.15, -0.1) is 0 Å². The van der Waals surface area contributed by atoms with E-state index in [1.54, 1.807) is 6.07 Å². The van der Waals surface area contributed by atoms with Crippen molar-refractivity contribution in [1.29, 1.82) is 0 Å². The third-order valence-electron chi connectivity index (χ3n) is 3.15. The molecule has 0 aliphatic carbocycles. The van der Waals surface area contributed by atoms with E-state index in [2.05, 4.69) is 17.0 Å². The molecular weight excluding hydrogens is 239 g/mol. The van der Waals surface area contributed by atoms with Gasteiger partial charge in [0.25, 0.3) is 0 Å². The zero-order valence-electron chi connectivity index (χ0n) is 11.3. The Kier molecular flexibility index (Phi) is 4.17. The first kappa shape index (κ1) is 13.6. The maximum absolute atomic E-state index is 13.3. The Morgan fingerprint density at radius 1 is 1.16 bits per heavy atom. The van der Waals surface area contributed by atoms with Gasteiger partial charge in [0.1, 0.15) is 5.82 Å². The van der Waals surface area contributed by atoms with Crippen LogP contribution in [0.3, 0.4) is 0 Å². The lowest BCUT2D eigenvalue weighted by Crippen LogP contribution is -2.20. The summed E-state index contributed by atoms with van der Waals surface area (Å²) in [4.78, 5) is 2.09. The molecule has 0 spiro atoms. The molecule has 0 radical (unpaired) electrons. The highest BCUT2D eigenvalue weighted by atomic mass is 19.1. The second kappa shape index (κ2) is 5.85. The molecule has 0 saturated carbocycles. The van der Waals surface area contributed by atoms with Crippen LogP contribution in [-0.2, 0) is 6.54 Å². The number of halogens is 1. The summed E-state index contributed by atoms with van der Waals surface area (Å²) in [6, 6.07) is 14.8. The molecule has 0 heterocycles. The monoisotopic (exact) mass is 258 g/mol. The number of rotatable bonds is 4. The molecule has 1 atom stereocenters. The fourth-order valence-electron chi connectivity index (χ4n) is 2.18. The van der Waals surface area contributed by atoms with Crippen LogP contribution < -0.4 is 10.6 Å². The average molecular weight is 258 g/mol. The van der Waals surface area contributed by atoms with E-state index in [0.717, 1.165) is 17.8 Å². The molecule has 2 aromatic carbocycles. The van der Waals surface area contributed by atoms with E-state index >= 15 is 0 Å². The Hall–Kier alpha value is -1.87. The van der Waals surface area contributed by atoms with Gasteiger partial charge in [-0.3, -0.25) is 0 Å². The molecule has 2 rings (SSSR count). The van der Waals surface area contributed by atoms with Crippen LogP contribution in [0.1, 0.15) is 24.1 Å². The number of anilines is 1. The normalized spacial score (nSPS) is 12.2. The first-order valence-electron chi connectivity index (χ1n) is 6.38. The second-order valence-electron chi connectivity index (χ2n) is 4.83. The molecular formula is C16H19FN2. The highest BCUT2D eigenvalue weighted by Gasteiger charge is 2.12. The Labute approximate surface area is 113 Å². The summed E-state index contributed by atoms with van der Waals surface area (Å²) in [5.41, 5.74) is 8.94. The third kappa shape index (κ3) is 3.32. The SMILES string of the molecule is C[C@H](N)c1cc(F)ccc1N(C)Cc1ccccc1. The fraction of sp³-hybridized carbons (Fsp3) is 0.250. The van der Waals surface area contributed by atoms with Crippen LogP contribution in [0.15, 0.2) is 48.5 Å². The van der Waals surface area contributed by atoms with Crippen LogP contribution in [-0.4, -0.2) is 7.05 Å². The van der Waals surface area contributed by atoms with Gasteiger partial charge < -0.3 is 10.6 Å². The fourth-order valence-corrected chi connectivity index (χ4v) is 2.18. The van der Waals surface area contributed by atoms with E-state index < -0.39 is 0 Å². The maximum Gasteiger partial charge on any atom is 0.123 e. The van der Waals surface area contributed by atoms with Gasteiger partial charge in [0.2, 0.25) is 0 Å². The summed E-state index contributed by atoms with van der Waals surface area (Å²) in [5, 5.41) is 0. The first-order valence-corrected chi connectivity index (χ1v) is 6.38. The molecule has 100 valence electrons. The Balaban J connectivity index is 2.26. The maximum atomic E-state index is 13.3. The quantitative estimate of drug-likeness (QED) is 0.909. The van der Waals surface area contributed by atoms with Gasteiger partial charge in [0, 0.05) is 25.3 Å². The lowest BCUT2D eigenvalue weighted by Gasteiger charge is -2.24. The summed E-state index contributed by atoms with van der Waals surface area (Å²) in [6.07, 6.45) is 0. The lowest BCUT2D eigenvalue weighted by molar-refractivity contribution is 0.622. The molecule has 0 amide bonds. The number of nitrogens with two attached hydrogens (primary N) is 1. The summed E-state index contributed by atoms with van der Waals surface area (Å²) in [5.74, 6) is -0.246. The largest absolute Gasteiger partial charge is 0.370 e. The topological polar surface area (TPSA) is 29.3 Å². The van der Waals surface area contributed by atoms with Crippen molar-refractivity contribution in [2.45, 2.75) is 19.5 Å². The number of benzene rings is 2. The number of hydrogen-bond donors (Lipinski definition) is 1. The van der Waals surface area contributed by atoms with Gasteiger partial charge in [-0.05, 0) is 36.2 Å². The van der Waals surface area contributed by atoms with E-state index in [1.807, 2.05) is 32.2 Å². The van der Waals surface area contributed by atoms with E-state index in [0.29, 0.717) is 0 Å². The van der Waals surface area contributed by atoms with Crippen molar-refractivity contribution in [3.05, 3.63) is 65.5 Å². The molecule has 0 unspecified atom stereocenters. The van der Waals surface area contributed by atoms with Gasteiger partial charge in [0.15, 0.2) is 0 Å². The van der Waals surface area contributed by atoms with Gasteiger partial charge >= 0.3 is 0 Å². The van der Waals surface area contributed by atoms with Crippen LogP contribution in [0.25, 0.3) is 0 Å². The van der Waals surface area contributed by atoms with E-state index in [-0.39, 0.29) is 11.9 Å². The van der Waals surface area contributed by atoms with Crippen LogP contribution in [0.2, 0.25) is 0 Å². The van der Waals surface area contributed by atoms with Gasteiger partial charge in [-0.25, -0.2) is 4.39 Å². The molecule has 0 fully saturated rings. The van der Waals surface area contributed by atoms with Gasteiger partial charge in [-0.1, -0.05) is 30.3 Å². The number of hydrogen-bond acceptors (Lipinski definition) is 2. The predicted molar refractivity (Wildman–Crippen MR) is 77.6 cm³/mol. The summed E-state index contributed by atoms with van der Waals surface area (Å²) >= 11 is 0. The van der Waals surface area contributed by atoms with Crippen LogP contribution in [0, 0.1) is 5.82 Å². The Bertz CT molecular complexity index is 538. The van der Waals surface area contributed by atoms with E-state index in [4.69, 9.17) is 5.73 Å². The van der Waals surface area contributed by atoms with Crippen molar-refractivity contribution in [3.8, 4) is 0 Å². The molecule has 0 bridgehead atoms. The van der Waals surface area contributed by atoms with Crippen LogP contribution >= 0.6 is 0 Å². The minimum Gasteiger partial charge on any atom is -0.370 e. The van der Waals surface area contributed by atoms with Crippen molar-refractivity contribution in [1.82, 2.24) is 0 Å². The highest BCUT2D eigenvalue weighted by Crippen LogP contribution is 2.26. The molecule has 2 nitrogen and oxygen atoms in total. The molecule has 19 heavy (non-hydrogen) atoms. The zero-order chi connectivity index (χ0) is 13.8. The standard InChI is InChI=1S/C16H19FN2/c1-12(18)15-10-14(17)8-9-16(15)19(2)11-13-6-4-3-5-7-13/h3-10,12H,11,18H2,1-2H3/t12-/m0/s1. The second-order valence-corrected chi connectivity index (χ2v) is 4.83. The van der Waals surface area contributed by atoms with Crippen LogP contribution in [0.4, 0.5) is 10.1 Å². The minimum absolute atomic E-state index is 0.191. The summed E-state index contributed by atoms with van der Waals surface area (Å²) < 4.78 is 13.3. The lowest BCUT2D eigenvalue weighted by atomic mass is 10.1. The summed E-state index contributed by atoms with van der Waals surface area (Å²) in [6.45, 7) is 2.64. The molecule has 2 N–H and O–H groups in total. The molecule has 0 saturated heterocycles. The molecule has 3 heteroatoms. The van der Waals surface area contributed by atoms with E-state index in [1.165, 1.54) is 17.7 Å². The summed E-state index contributed by atoms with van der Waals surface area (Å²) in [7, 11) is 1.99. The van der Waals surface area contributed by atoms with Crippen molar-refractivity contribution < 1.29 is 4.39 Å². The molecule has 0 aromatic heterocycles. The Morgan fingerprint density at radius 2 is 1.84 bits per heavy atom. The Morgan fingerprint density at radius 3 is 2.47 bits per heavy atom. The van der Waals surface area contributed by atoms with Crippen molar-refractivity contribution >= 4 is 5.69 Å². The van der Waals surface area contributed by atoms with Crippen molar-refractivity contribution in [3.63, 3.8) is 0 Å². The predicted octanol–water partition coefficient (Wildman–Crippen LogP) is 3.48. The molecule has 2 aromatic rings. The van der Waals surface area contributed by atoms with E-state index in [9.17, 15) is 4.39 Å². The number of nitrogens with zero attached hydrogens (tertiary/aromatic N) is 1. The highest BCUT2D eigenvalue weighted by molar-refractivity contribution is 5.54. The van der Waals surface area contributed by atoms with Gasteiger partial charge in [-0.2, -0.15) is 0 Å². The van der Waals surface area contributed by atoms with Crippen molar-refractivity contribution in [2.24, 2.45) is 5.73 Å². The smallest absolute Gasteiger partial charge is 0.123 e. The van der Waals surface area contributed by atoms with Gasteiger partial charge in [0.05, 0.1) is 0 Å². The zero-order valence-corrected chi connectivity index (χ0v) is 11.3. The van der Waals surface area contributed by atoms with Crippen LogP contribution in [0.5, 0.6) is 0 Å². The average Bonchev–Trinajstić information content (AvgIpc) is 2.39.